The molecule has 3 aromatic rings. The zero-order chi connectivity index (χ0) is 22.1. The SMILES string of the molecule is CNCCNc1cc(F)c(N2C(=O)N(C)c3ncccc3-c3ccc(Cl)cc32)c(F)c1. The summed E-state index contributed by atoms with van der Waals surface area (Å²) in [5.41, 5.74) is 1.30. The maximum atomic E-state index is 15.2. The van der Waals surface area contributed by atoms with E-state index in [0.29, 0.717) is 35.1 Å². The van der Waals surface area contributed by atoms with Crippen molar-refractivity contribution < 1.29 is 13.6 Å². The summed E-state index contributed by atoms with van der Waals surface area (Å²) < 4.78 is 30.4. The number of rotatable bonds is 5. The van der Waals surface area contributed by atoms with Crippen LogP contribution >= 0.6 is 11.6 Å². The molecular formula is C22H20ClF2N5O. The van der Waals surface area contributed by atoms with E-state index in [-0.39, 0.29) is 11.4 Å². The minimum atomic E-state index is -0.876. The molecule has 160 valence electrons. The van der Waals surface area contributed by atoms with Gasteiger partial charge >= 0.3 is 6.03 Å². The van der Waals surface area contributed by atoms with E-state index in [0.717, 1.165) is 4.90 Å². The van der Waals surface area contributed by atoms with Gasteiger partial charge < -0.3 is 10.6 Å². The number of carbonyl (C=O) groups excluding carboxylic acids is 1. The van der Waals surface area contributed by atoms with Crippen molar-refractivity contribution in [2.75, 3.05) is 42.3 Å². The third-order valence-electron chi connectivity index (χ3n) is 5.02. The Morgan fingerprint density at radius 2 is 1.81 bits per heavy atom. The van der Waals surface area contributed by atoms with Crippen LogP contribution in [0.3, 0.4) is 0 Å². The normalized spacial score (nSPS) is 13.0. The van der Waals surface area contributed by atoms with E-state index in [9.17, 15) is 4.79 Å². The van der Waals surface area contributed by atoms with E-state index in [1.807, 2.05) is 0 Å². The number of nitrogens with zero attached hydrogens (tertiary/aromatic N) is 3. The lowest BCUT2D eigenvalue weighted by atomic mass is 10.0. The van der Waals surface area contributed by atoms with Crippen LogP contribution in [-0.4, -0.2) is 38.2 Å². The standard InChI is InChI=1S/C22H20ClF2N5O/c1-26-8-9-27-14-11-17(24)20(18(25)12-14)30-19-10-13(23)5-6-15(19)16-4-3-7-28-21(16)29(2)22(30)31/h3-7,10-12,26-27H,8-9H2,1-2H3. The highest BCUT2D eigenvalue weighted by Crippen LogP contribution is 2.45. The van der Waals surface area contributed by atoms with Crippen LogP contribution < -0.4 is 20.4 Å². The molecule has 1 aliphatic rings. The quantitative estimate of drug-likeness (QED) is 0.544. The summed E-state index contributed by atoms with van der Waals surface area (Å²) in [6, 6.07) is 10.1. The summed E-state index contributed by atoms with van der Waals surface area (Å²) in [6.45, 7) is 1.11. The van der Waals surface area contributed by atoms with Gasteiger partial charge in [0.15, 0.2) is 11.6 Å². The molecule has 0 radical (unpaired) electrons. The van der Waals surface area contributed by atoms with Crippen molar-refractivity contribution in [3.63, 3.8) is 0 Å². The molecule has 9 heteroatoms. The van der Waals surface area contributed by atoms with Gasteiger partial charge in [-0.1, -0.05) is 17.7 Å². The van der Waals surface area contributed by atoms with Gasteiger partial charge in [0.1, 0.15) is 11.5 Å². The van der Waals surface area contributed by atoms with Crippen LogP contribution in [0.5, 0.6) is 0 Å². The average Bonchev–Trinajstić information content (AvgIpc) is 2.83. The fourth-order valence-electron chi connectivity index (χ4n) is 3.56. The van der Waals surface area contributed by atoms with Crippen molar-refractivity contribution in [1.29, 1.82) is 0 Å². The van der Waals surface area contributed by atoms with E-state index in [1.54, 1.807) is 37.5 Å². The number of likely N-dealkylation sites (N-methyl/N-ethyl adjacent to an activating group) is 1. The lowest BCUT2D eigenvalue weighted by Gasteiger charge is -2.27. The van der Waals surface area contributed by atoms with Crippen molar-refractivity contribution in [3.05, 3.63) is 65.3 Å². The van der Waals surface area contributed by atoms with Crippen LogP contribution in [0, 0.1) is 11.6 Å². The Kier molecular flexibility index (Phi) is 5.75. The number of anilines is 4. The largest absolute Gasteiger partial charge is 0.384 e. The van der Waals surface area contributed by atoms with Gasteiger partial charge in [0.05, 0.1) is 5.69 Å². The minimum Gasteiger partial charge on any atom is -0.384 e. The number of urea groups is 1. The van der Waals surface area contributed by atoms with Gasteiger partial charge in [0.25, 0.3) is 0 Å². The first-order valence-electron chi connectivity index (χ1n) is 9.62. The second-order valence-corrected chi connectivity index (χ2v) is 7.47. The predicted molar refractivity (Wildman–Crippen MR) is 119 cm³/mol. The molecule has 4 rings (SSSR count). The molecule has 2 N–H and O–H groups in total. The fourth-order valence-corrected chi connectivity index (χ4v) is 3.73. The van der Waals surface area contributed by atoms with Gasteiger partial charge in [0.2, 0.25) is 0 Å². The summed E-state index contributed by atoms with van der Waals surface area (Å²) in [5.74, 6) is -1.37. The molecule has 0 spiro atoms. The van der Waals surface area contributed by atoms with E-state index >= 15 is 8.78 Å². The van der Waals surface area contributed by atoms with Gasteiger partial charge in [-0.3, -0.25) is 9.80 Å². The first-order chi connectivity index (χ1) is 14.9. The second kappa shape index (κ2) is 8.49. The molecule has 0 atom stereocenters. The number of halogens is 3. The molecule has 0 aliphatic carbocycles. The Balaban J connectivity index is 1.89. The van der Waals surface area contributed by atoms with E-state index < -0.39 is 23.4 Å². The maximum Gasteiger partial charge on any atom is 0.334 e. The predicted octanol–water partition coefficient (Wildman–Crippen LogP) is 5.02. The Hall–Kier alpha value is -3.23. The molecule has 2 amide bonds. The van der Waals surface area contributed by atoms with Crippen LogP contribution in [0.1, 0.15) is 0 Å². The van der Waals surface area contributed by atoms with E-state index in [4.69, 9.17) is 11.6 Å². The molecule has 0 unspecified atom stereocenters. The smallest absolute Gasteiger partial charge is 0.334 e. The van der Waals surface area contributed by atoms with Crippen LogP contribution in [0.25, 0.3) is 11.1 Å². The van der Waals surface area contributed by atoms with Crippen molar-refractivity contribution in [3.8, 4) is 11.1 Å². The second-order valence-electron chi connectivity index (χ2n) is 7.03. The van der Waals surface area contributed by atoms with Gasteiger partial charge in [-0.05, 0) is 43.4 Å². The number of carbonyl (C=O) groups is 1. The molecule has 2 heterocycles. The monoisotopic (exact) mass is 443 g/mol. The fraction of sp³-hybridized carbons (Fsp3) is 0.182. The number of nitrogens with one attached hydrogen (secondary N) is 2. The zero-order valence-corrected chi connectivity index (χ0v) is 17.7. The van der Waals surface area contributed by atoms with Gasteiger partial charge in [0, 0.05) is 48.2 Å². The number of hydrogen-bond acceptors (Lipinski definition) is 4. The van der Waals surface area contributed by atoms with Gasteiger partial charge in [-0.25, -0.2) is 18.6 Å². The molecule has 1 aliphatic heterocycles. The molecule has 1 aromatic heterocycles. The van der Waals surface area contributed by atoms with E-state index in [1.165, 1.54) is 30.1 Å². The minimum absolute atomic E-state index is 0.268. The highest BCUT2D eigenvalue weighted by atomic mass is 35.5. The van der Waals surface area contributed by atoms with E-state index in [2.05, 4.69) is 15.6 Å². The first kappa shape index (κ1) is 21.0. The summed E-state index contributed by atoms with van der Waals surface area (Å²) in [5, 5.41) is 6.22. The molecule has 0 saturated heterocycles. The molecule has 31 heavy (non-hydrogen) atoms. The number of aromatic nitrogens is 1. The van der Waals surface area contributed by atoms with Crippen LogP contribution in [0.15, 0.2) is 48.7 Å². The van der Waals surface area contributed by atoms with Crippen molar-refractivity contribution in [2.24, 2.45) is 0 Å². The first-order valence-corrected chi connectivity index (χ1v) is 10.0. The summed E-state index contributed by atoms with van der Waals surface area (Å²) >= 11 is 6.20. The maximum absolute atomic E-state index is 15.2. The topological polar surface area (TPSA) is 60.5 Å². The number of fused-ring (bicyclic) bond motifs is 3. The molecule has 6 nitrogen and oxygen atoms in total. The van der Waals surface area contributed by atoms with Crippen LogP contribution in [0.4, 0.5) is 36.5 Å². The number of amides is 2. The third-order valence-corrected chi connectivity index (χ3v) is 5.25. The molecular weight excluding hydrogens is 424 g/mol. The Morgan fingerprint density at radius 3 is 2.52 bits per heavy atom. The number of hydrogen-bond donors (Lipinski definition) is 2. The number of benzene rings is 2. The molecule has 0 bridgehead atoms. The van der Waals surface area contributed by atoms with Crippen molar-refractivity contribution in [1.82, 2.24) is 10.3 Å². The average molecular weight is 444 g/mol. The molecule has 0 saturated carbocycles. The van der Waals surface area contributed by atoms with Crippen LogP contribution in [-0.2, 0) is 0 Å². The lowest BCUT2D eigenvalue weighted by molar-refractivity contribution is 0.254. The summed E-state index contributed by atoms with van der Waals surface area (Å²) in [7, 11) is 3.29. The number of pyridine rings is 1. The third kappa shape index (κ3) is 3.80. The van der Waals surface area contributed by atoms with Gasteiger partial charge in [-0.2, -0.15) is 0 Å². The van der Waals surface area contributed by atoms with Crippen LogP contribution in [0.2, 0.25) is 5.02 Å². The summed E-state index contributed by atoms with van der Waals surface area (Å²) in [6.07, 6.45) is 1.56. The van der Waals surface area contributed by atoms with Gasteiger partial charge in [-0.15, -0.1) is 0 Å². The highest BCUT2D eigenvalue weighted by Gasteiger charge is 2.35. The highest BCUT2D eigenvalue weighted by molar-refractivity contribution is 6.31. The Labute approximate surface area is 183 Å². The Bertz CT molecular complexity index is 1130. The van der Waals surface area contributed by atoms with Crippen molar-refractivity contribution >= 4 is 40.5 Å². The lowest BCUT2D eigenvalue weighted by Crippen LogP contribution is -2.39. The van der Waals surface area contributed by atoms with Crippen molar-refractivity contribution in [2.45, 2.75) is 0 Å². The summed E-state index contributed by atoms with van der Waals surface area (Å²) in [4.78, 5) is 20.0. The molecule has 2 aromatic carbocycles. The molecule has 0 fully saturated rings. The zero-order valence-electron chi connectivity index (χ0n) is 16.9. The Morgan fingerprint density at radius 1 is 1.06 bits per heavy atom.